The summed E-state index contributed by atoms with van der Waals surface area (Å²) in [4.78, 5) is 21.1. The summed E-state index contributed by atoms with van der Waals surface area (Å²) in [6, 6.07) is 18.2. The van der Waals surface area contributed by atoms with Crippen LogP contribution < -0.4 is 4.85 Å². The third-order valence-electron chi connectivity index (χ3n) is 4.38. The minimum atomic E-state index is -0.628. The topological polar surface area (TPSA) is 142 Å². The number of nitrogens with zero attached hydrogens (tertiary/aromatic N) is 4. The van der Waals surface area contributed by atoms with Crippen LogP contribution in [0.1, 0.15) is 12.5 Å². The lowest BCUT2D eigenvalue weighted by Gasteiger charge is -2.03. The summed E-state index contributed by atoms with van der Waals surface area (Å²) in [6.45, 7) is 2.02. The van der Waals surface area contributed by atoms with Crippen LogP contribution in [0, 0.1) is 25.4 Å². The smallest absolute Gasteiger partial charge is 0.276 e. The Labute approximate surface area is 170 Å². The second-order valence-corrected chi connectivity index (χ2v) is 6.30. The highest BCUT2D eigenvalue weighted by molar-refractivity contribution is 5.70. The lowest BCUT2D eigenvalue weighted by atomic mass is 10.0. The number of non-ortho nitro benzene ring substituents is 2. The van der Waals surface area contributed by atoms with Crippen LogP contribution in [0.4, 0.5) is 11.4 Å². The molecule has 4 aromatic rings. The maximum atomic E-state index is 10.8. The second kappa shape index (κ2) is 8.78. The average Bonchev–Trinajstić information content (AvgIpc) is 3.15. The number of nitro benzene ring substituents is 2. The number of nitro groups is 2. The molecule has 1 N–H and O–H groups in total. The molecular formula is C20H17N5O5. The minimum absolute atomic E-state index is 0.284. The Morgan fingerprint density at radius 3 is 2.03 bits per heavy atom. The maximum absolute atomic E-state index is 10.8. The molecule has 0 radical (unpaired) electrons. The van der Waals surface area contributed by atoms with Crippen LogP contribution in [0.25, 0.3) is 22.2 Å². The average molecular weight is 407 g/mol. The summed E-state index contributed by atoms with van der Waals surface area (Å²) >= 11 is 0. The summed E-state index contributed by atoms with van der Waals surface area (Å²) in [5.74, 6) is 0. The van der Waals surface area contributed by atoms with E-state index in [1.807, 2.05) is 37.3 Å². The molecule has 0 fully saturated rings. The summed E-state index contributed by atoms with van der Waals surface area (Å²) in [6.07, 6.45) is 0.884. The maximum Gasteiger partial charge on any atom is 0.276 e. The zero-order valence-corrected chi connectivity index (χ0v) is 15.9. The summed E-state index contributed by atoms with van der Waals surface area (Å²) < 4.78 is 0. The second-order valence-electron chi connectivity index (χ2n) is 6.30. The number of aromatic nitrogens is 3. The van der Waals surface area contributed by atoms with E-state index in [9.17, 15) is 25.4 Å². The van der Waals surface area contributed by atoms with Crippen molar-refractivity contribution in [3.63, 3.8) is 0 Å². The van der Waals surface area contributed by atoms with E-state index in [2.05, 4.69) is 10.3 Å². The number of benzene rings is 3. The molecule has 1 heterocycles. The highest BCUT2D eigenvalue weighted by Gasteiger charge is 2.17. The van der Waals surface area contributed by atoms with Crippen LogP contribution in [0.15, 0.2) is 66.7 Å². The summed E-state index contributed by atoms with van der Waals surface area (Å²) in [5, 5.41) is 38.5. The number of fused-ring (bicyclic) bond motifs is 1. The van der Waals surface area contributed by atoms with Gasteiger partial charge in [-0.25, -0.2) is 0 Å². The monoisotopic (exact) mass is 407 g/mol. The predicted octanol–water partition coefficient (Wildman–Crippen LogP) is 3.93. The molecule has 0 unspecified atom stereocenters. The van der Waals surface area contributed by atoms with Gasteiger partial charge in [-0.1, -0.05) is 48.5 Å². The molecule has 0 bridgehead atoms. The Balaban J connectivity index is 0.000000212. The highest BCUT2D eigenvalue weighted by atomic mass is 16.6. The fourth-order valence-corrected chi connectivity index (χ4v) is 2.79. The molecule has 30 heavy (non-hydrogen) atoms. The van der Waals surface area contributed by atoms with Crippen LogP contribution in [0.5, 0.6) is 0 Å². The zero-order chi connectivity index (χ0) is 21.7. The van der Waals surface area contributed by atoms with Crippen LogP contribution in [0.3, 0.4) is 0 Å². The molecule has 0 saturated carbocycles. The van der Waals surface area contributed by atoms with E-state index < -0.39 is 9.85 Å². The fourth-order valence-electron chi connectivity index (χ4n) is 2.79. The van der Waals surface area contributed by atoms with Gasteiger partial charge in [-0.05, 0) is 35.2 Å². The Morgan fingerprint density at radius 2 is 1.50 bits per heavy atom. The Bertz CT molecular complexity index is 1170. The minimum Gasteiger partial charge on any atom is -0.692 e. The number of aromatic amines is 1. The largest absolute Gasteiger partial charge is 0.692 e. The molecule has 0 aliphatic heterocycles. The number of H-pyrrole nitrogens is 1. The van der Waals surface area contributed by atoms with Gasteiger partial charge in [-0.15, -0.1) is 0 Å². The van der Waals surface area contributed by atoms with Crippen LogP contribution in [-0.4, -0.2) is 20.2 Å². The van der Waals surface area contributed by atoms with Crippen molar-refractivity contribution >= 4 is 22.4 Å². The van der Waals surface area contributed by atoms with Gasteiger partial charge in [-0.3, -0.25) is 20.2 Å². The molecule has 0 aliphatic carbocycles. The third-order valence-corrected chi connectivity index (χ3v) is 4.38. The normalized spacial score (nSPS) is 10.3. The molecule has 0 saturated heterocycles. The molecule has 0 amide bonds. The first-order chi connectivity index (χ1) is 14.4. The van der Waals surface area contributed by atoms with Crippen molar-refractivity contribution in [2.24, 2.45) is 0 Å². The lowest BCUT2D eigenvalue weighted by molar-refractivity contribution is -0.644. The lowest BCUT2D eigenvalue weighted by Crippen LogP contribution is -2.27. The SMILES string of the molecule is CCc1ccc(-c2cc([N+](=O)[O-])cc([N+](=O)[O-])c2)cc1.[O-][n+]1[nH]nc2ccccc21. The van der Waals surface area contributed by atoms with Gasteiger partial charge in [-0.2, -0.15) is 4.85 Å². The number of nitrogens with one attached hydrogen (secondary N) is 1. The third kappa shape index (κ3) is 4.55. The van der Waals surface area contributed by atoms with E-state index in [0.717, 1.165) is 18.1 Å². The van der Waals surface area contributed by atoms with Gasteiger partial charge in [0.05, 0.1) is 15.9 Å². The van der Waals surface area contributed by atoms with Gasteiger partial charge >= 0.3 is 0 Å². The molecule has 0 spiro atoms. The molecule has 4 rings (SSSR count). The van der Waals surface area contributed by atoms with Crippen molar-refractivity contribution in [1.82, 2.24) is 10.3 Å². The Morgan fingerprint density at radius 1 is 0.900 bits per heavy atom. The number of rotatable bonds is 4. The predicted molar refractivity (Wildman–Crippen MR) is 110 cm³/mol. The van der Waals surface area contributed by atoms with Gasteiger partial charge in [0.25, 0.3) is 11.4 Å². The first-order valence-electron chi connectivity index (χ1n) is 8.95. The van der Waals surface area contributed by atoms with E-state index >= 15 is 0 Å². The molecule has 152 valence electrons. The first-order valence-corrected chi connectivity index (χ1v) is 8.95. The number of para-hydroxylation sites is 2. The fraction of sp³-hybridized carbons (Fsp3) is 0.100. The number of aryl methyl sites for hydroxylation is 1. The van der Waals surface area contributed by atoms with Crippen LogP contribution >= 0.6 is 0 Å². The van der Waals surface area contributed by atoms with E-state index in [1.165, 1.54) is 12.1 Å². The number of hydrogen-bond donors (Lipinski definition) is 1. The van der Waals surface area contributed by atoms with Crippen LogP contribution in [-0.2, 0) is 6.42 Å². The Kier molecular flexibility index (Phi) is 5.97. The molecular weight excluding hydrogens is 390 g/mol. The Hall–Kier alpha value is -4.34. The van der Waals surface area contributed by atoms with Crippen molar-refractivity contribution in [1.29, 1.82) is 0 Å². The van der Waals surface area contributed by atoms with Gasteiger partial charge in [0.15, 0.2) is 0 Å². The molecule has 0 atom stereocenters. The van der Waals surface area contributed by atoms with Crippen molar-refractivity contribution in [3.05, 3.63) is 97.7 Å². The molecule has 10 heteroatoms. The molecule has 0 aliphatic rings. The van der Waals surface area contributed by atoms with E-state index in [-0.39, 0.29) is 11.4 Å². The molecule has 1 aromatic heterocycles. The highest BCUT2D eigenvalue weighted by Crippen LogP contribution is 2.29. The zero-order valence-electron chi connectivity index (χ0n) is 15.9. The van der Waals surface area contributed by atoms with E-state index in [0.29, 0.717) is 27.0 Å². The standard InChI is InChI=1S/C14H12N2O4.C6H5N3O/c1-2-10-3-5-11(6-4-10)12-7-13(15(17)18)9-14(8-12)16(19)20;10-9-6-4-2-1-3-5(6)7-8-9/h3-9H,2H2,1H3;1-4,8H. The van der Waals surface area contributed by atoms with Gasteiger partial charge in [0.2, 0.25) is 11.0 Å². The summed E-state index contributed by atoms with van der Waals surface area (Å²) in [5.41, 5.74) is 3.01. The number of hydrogen-bond acceptors (Lipinski definition) is 6. The molecule has 3 aromatic carbocycles. The van der Waals surface area contributed by atoms with Gasteiger partial charge in [0, 0.05) is 17.2 Å². The van der Waals surface area contributed by atoms with Crippen molar-refractivity contribution < 1.29 is 14.7 Å². The quantitative estimate of drug-likeness (QED) is 0.235. The molecule has 10 nitrogen and oxygen atoms in total. The van der Waals surface area contributed by atoms with E-state index in [4.69, 9.17) is 0 Å². The first kappa shape index (κ1) is 20.4. The van der Waals surface area contributed by atoms with Crippen molar-refractivity contribution in [3.8, 4) is 11.1 Å². The van der Waals surface area contributed by atoms with Crippen molar-refractivity contribution in [2.75, 3.05) is 0 Å². The van der Waals surface area contributed by atoms with Crippen molar-refractivity contribution in [2.45, 2.75) is 13.3 Å². The van der Waals surface area contributed by atoms with Gasteiger partial charge < -0.3 is 5.21 Å². The van der Waals surface area contributed by atoms with Gasteiger partial charge in [0.1, 0.15) is 0 Å². The summed E-state index contributed by atoms with van der Waals surface area (Å²) in [7, 11) is 0. The van der Waals surface area contributed by atoms with E-state index in [1.54, 1.807) is 18.2 Å². The van der Waals surface area contributed by atoms with Crippen LogP contribution in [0.2, 0.25) is 0 Å².